The van der Waals surface area contributed by atoms with Crippen LogP contribution in [0.5, 0.6) is 0 Å². The highest BCUT2D eigenvalue weighted by atomic mass is 16.6. The minimum atomic E-state index is -1.01. The second kappa shape index (κ2) is 14.9. The molecule has 40 heavy (non-hydrogen) atoms. The van der Waals surface area contributed by atoms with Gasteiger partial charge in [0.25, 0.3) is 0 Å². The van der Waals surface area contributed by atoms with E-state index in [1.54, 1.807) is 20.8 Å². The third-order valence-electron chi connectivity index (χ3n) is 6.15. The van der Waals surface area contributed by atoms with Gasteiger partial charge in [-0.25, -0.2) is 9.59 Å². The van der Waals surface area contributed by atoms with Crippen molar-refractivity contribution >= 4 is 24.0 Å². The van der Waals surface area contributed by atoms with Gasteiger partial charge in [-0.2, -0.15) is 0 Å². The number of aliphatic hydroxyl groups excluding tert-OH is 1. The minimum Gasteiger partial charge on any atom is -0.445 e. The highest BCUT2D eigenvalue weighted by Crippen LogP contribution is 2.17. The summed E-state index contributed by atoms with van der Waals surface area (Å²) in [5.41, 5.74) is 0.0989. The Morgan fingerprint density at radius 3 is 2.08 bits per heavy atom. The van der Waals surface area contributed by atoms with Crippen LogP contribution in [-0.4, -0.2) is 76.9 Å². The maximum absolute atomic E-state index is 13.3. The number of benzene rings is 1. The lowest BCUT2D eigenvalue weighted by molar-refractivity contribution is -0.133. The SMILES string of the molecule is CC(C)C[C@H](NC(=O)OCc1ccccc1)C(=O)NC1CN(C(=O)[C@H](CC(C)C)NC(=O)OC(C)(C)C)CC1O. The van der Waals surface area contributed by atoms with Gasteiger partial charge in [0.1, 0.15) is 24.3 Å². The normalized spacial score (nSPS) is 18.7. The van der Waals surface area contributed by atoms with Crippen LogP contribution < -0.4 is 16.0 Å². The van der Waals surface area contributed by atoms with E-state index >= 15 is 0 Å². The second-order valence-electron chi connectivity index (χ2n) is 12.1. The van der Waals surface area contributed by atoms with Crippen molar-refractivity contribution in [1.82, 2.24) is 20.9 Å². The van der Waals surface area contributed by atoms with E-state index in [9.17, 15) is 24.3 Å². The highest BCUT2D eigenvalue weighted by molar-refractivity contribution is 5.87. The highest BCUT2D eigenvalue weighted by Gasteiger charge is 2.39. The van der Waals surface area contributed by atoms with Gasteiger partial charge in [0.2, 0.25) is 11.8 Å². The Hall–Kier alpha value is -3.34. The summed E-state index contributed by atoms with van der Waals surface area (Å²) < 4.78 is 10.6. The first-order valence-electron chi connectivity index (χ1n) is 13.9. The van der Waals surface area contributed by atoms with Gasteiger partial charge in [0.15, 0.2) is 0 Å². The Morgan fingerprint density at radius 2 is 1.50 bits per heavy atom. The number of nitrogens with one attached hydrogen (secondary N) is 3. The monoisotopic (exact) mass is 562 g/mol. The number of β-amino-alcohol motifs (C(OH)–C–C–N with tert-alkyl or cyclic N) is 1. The predicted molar refractivity (Wildman–Crippen MR) is 150 cm³/mol. The first kappa shape index (κ1) is 32.9. The van der Waals surface area contributed by atoms with Gasteiger partial charge in [-0.3, -0.25) is 9.59 Å². The number of carbonyl (C=O) groups excluding carboxylic acids is 4. The second-order valence-corrected chi connectivity index (χ2v) is 12.1. The number of nitrogens with zero attached hydrogens (tertiary/aromatic N) is 1. The quantitative estimate of drug-likeness (QED) is 0.324. The van der Waals surface area contributed by atoms with Crippen molar-refractivity contribution in [3.8, 4) is 0 Å². The molecular formula is C29H46N4O7. The van der Waals surface area contributed by atoms with Gasteiger partial charge in [-0.05, 0) is 51.0 Å². The minimum absolute atomic E-state index is 0.00420. The number of carbonyl (C=O) groups is 4. The van der Waals surface area contributed by atoms with E-state index in [2.05, 4.69) is 16.0 Å². The van der Waals surface area contributed by atoms with Crippen molar-refractivity contribution in [2.75, 3.05) is 13.1 Å². The summed E-state index contributed by atoms with van der Waals surface area (Å²) >= 11 is 0. The molecule has 1 saturated heterocycles. The molecule has 2 rings (SSSR count). The van der Waals surface area contributed by atoms with Gasteiger partial charge in [-0.1, -0.05) is 58.0 Å². The zero-order valence-electron chi connectivity index (χ0n) is 24.7. The maximum Gasteiger partial charge on any atom is 0.408 e. The summed E-state index contributed by atoms with van der Waals surface area (Å²) in [5.74, 6) is -0.644. The van der Waals surface area contributed by atoms with Crippen LogP contribution in [-0.2, 0) is 25.7 Å². The molecule has 11 nitrogen and oxygen atoms in total. The van der Waals surface area contributed by atoms with E-state index in [1.165, 1.54) is 4.90 Å². The Bertz CT molecular complexity index is 994. The fraction of sp³-hybridized carbons (Fsp3) is 0.655. The molecule has 1 aliphatic rings. The number of hydrogen-bond donors (Lipinski definition) is 4. The zero-order chi connectivity index (χ0) is 30.0. The smallest absolute Gasteiger partial charge is 0.408 e. The zero-order valence-corrected chi connectivity index (χ0v) is 24.7. The summed E-state index contributed by atoms with van der Waals surface area (Å²) in [6, 6.07) is 6.73. The van der Waals surface area contributed by atoms with Crippen LogP contribution in [0.25, 0.3) is 0 Å². The number of aliphatic hydroxyl groups is 1. The number of alkyl carbamates (subject to hydrolysis) is 2. The molecule has 11 heteroatoms. The van der Waals surface area contributed by atoms with Gasteiger partial charge in [0, 0.05) is 13.1 Å². The molecular weight excluding hydrogens is 516 g/mol. The first-order valence-corrected chi connectivity index (χ1v) is 13.9. The van der Waals surface area contributed by atoms with E-state index in [0.29, 0.717) is 12.8 Å². The Morgan fingerprint density at radius 1 is 0.925 bits per heavy atom. The molecule has 4 atom stereocenters. The molecule has 4 N–H and O–H groups in total. The number of amides is 4. The largest absolute Gasteiger partial charge is 0.445 e. The first-order chi connectivity index (χ1) is 18.6. The van der Waals surface area contributed by atoms with Gasteiger partial charge in [-0.15, -0.1) is 0 Å². The van der Waals surface area contributed by atoms with Crippen LogP contribution in [0.15, 0.2) is 30.3 Å². The molecule has 0 aliphatic carbocycles. The molecule has 1 aromatic rings. The lowest BCUT2D eigenvalue weighted by Gasteiger charge is -2.27. The fourth-order valence-electron chi connectivity index (χ4n) is 4.36. The molecule has 1 aromatic carbocycles. The molecule has 0 aromatic heterocycles. The summed E-state index contributed by atoms with van der Waals surface area (Å²) in [7, 11) is 0. The molecule has 0 radical (unpaired) electrons. The average molecular weight is 563 g/mol. The maximum atomic E-state index is 13.3. The van der Waals surface area contributed by atoms with E-state index in [4.69, 9.17) is 9.47 Å². The Kier molecular flexibility index (Phi) is 12.2. The van der Waals surface area contributed by atoms with Crippen LogP contribution in [0.3, 0.4) is 0 Å². The predicted octanol–water partition coefficient (Wildman–Crippen LogP) is 2.95. The lowest BCUT2D eigenvalue weighted by Crippen LogP contribution is -2.53. The summed E-state index contributed by atoms with van der Waals surface area (Å²) in [5, 5.41) is 18.7. The molecule has 224 valence electrons. The molecule has 2 unspecified atom stereocenters. The van der Waals surface area contributed by atoms with Crippen molar-refractivity contribution < 1.29 is 33.8 Å². The van der Waals surface area contributed by atoms with Crippen molar-refractivity contribution in [2.24, 2.45) is 11.8 Å². The Balaban J connectivity index is 2.00. The van der Waals surface area contributed by atoms with Gasteiger partial charge in [0.05, 0.1) is 12.1 Å². The molecule has 0 bridgehead atoms. The van der Waals surface area contributed by atoms with Crippen LogP contribution in [0.4, 0.5) is 9.59 Å². The summed E-state index contributed by atoms with van der Waals surface area (Å²) in [4.78, 5) is 52.7. The van der Waals surface area contributed by atoms with E-state index in [-0.39, 0.29) is 37.4 Å². The molecule has 0 saturated carbocycles. The summed E-state index contributed by atoms with van der Waals surface area (Å²) in [6.45, 7) is 13.1. The molecule has 1 heterocycles. The number of likely N-dealkylation sites (tertiary alicyclic amines) is 1. The van der Waals surface area contributed by atoms with Crippen LogP contribution in [0, 0.1) is 11.8 Å². The fourth-order valence-corrected chi connectivity index (χ4v) is 4.36. The van der Waals surface area contributed by atoms with Crippen molar-refractivity contribution in [3.63, 3.8) is 0 Å². The molecule has 1 fully saturated rings. The van der Waals surface area contributed by atoms with Crippen molar-refractivity contribution in [3.05, 3.63) is 35.9 Å². The number of ether oxygens (including phenoxy) is 2. The lowest BCUT2D eigenvalue weighted by atomic mass is 10.0. The molecule has 4 amide bonds. The summed E-state index contributed by atoms with van der Waals surface area (Å²) in [6.07, 6.45) is -1.70. The average Bonchev–Trinajstić information content (AvgIpc) is 3.20. The van der Waals surface area contributed by atoms with E-state index in [1.807, 2.05) is 58.0 Å². The van der Waals surface area contributed by atoms with Crippen LogP contribution in [0.1, 0.15) is 66.9 Å². The van der Waals surface area contributed by atoms with Gasteiger partial charge >= 0.3 is 12.2 Å². The Labute approximate surface area is 237 Å². The van der Waals surface area contributed by atoms with E-state index < -0.39 is 47.9 Å². The topological polar surface area (TPSA) is 146 Å². The van der Waals surface area contributed by atoms with Crippen LogP contribution >= 0.6 is 0 Å². The standard InChI is InChI=1S/C29H46N4O7/c1-18(2)13-21(31-27(37)39-17-20-11-9-8-10-12-20)25(35)30-23-15-33(16-24(23)34)26(36)22(14-19(3)4)32-28(38)40-29(5,6)7/h8-12,18-19,21-24,34H,13-17H2,1-7H3,(H,30,35)(H,31,37)(H,32,38)/t21-,22-,23?,24?/m0/s1. The number of rotatable bonds is 11. The van der Waals surface area contributed by atoms with Crippen LogP contribution in [0.2, 0.25) is 0 Å². The molecule has 1 aliphatic heterocycles. The number of hydrogen-bond acceptors (Lipinski definition) is 7. The van der Waals surface area contributed by atoms with Gasteiger partial charge < -0.3 is 35.4 Å². The molecule has 0 spiro atoms. The third kappa shape index (κ3) is 11.4. The van der Waals surface area contributed by atoms with E-state index in [0.717, 1.165) is 5.56 Å². The third-order valence-corrected chi connectivity index (χ3v) is 6.15. The van der Waals surface area contributed by atoms with Crippen molar-refractivity contribution in [1.29, 1.82) is 0 Å². The van der Waals surface area contributed by atoms with Crippen molar-refractivity contribution in [2.45, 2.75) is 97.7 Å².